The van der Waals surface area contributed by atoms with Gasteiger partial charge in [0.15, 0.2) is 0 Å². The molecular formula is C32H37ClFN5O2. The molecule has 5 aliphatic rings. The van der Waals surface area contributed by atoms with E-state index < -0.39 is 5.82 Å². The molecule has 0 amide bonds. The molecule has 0 radical (unpaired) electrons. The van der Waals surface area contributed by atoms with Gasteiger partial charge in [-0.25, -0.2) is 9.37 Å². The van der Waals surface area contributed by atoms with Crippen LogP contribution >= 0.6 is 11.6 Å². The zero-order valence-electron chi connectivity index (χ0n) is 23.3. The number of phenols is 1. The van der Waals surface area contributed by atoms with E-state index in [1.54, 1.807) is 18.2 Å². The molecule has 0 saturated carbocycles. The number of piperazine rings is 1. The molecule has 1 aromatic heterocycles. The van der Waals surface area contributed by atoms with Crippen LogP contribution in [-0.4, -0.2) is 71.9 Å². The minimum atomic E-state index is -0.458. The van der Waals surface area contributed by atoms with Crippen LogP contribution in [-0.2, 0) is 13.0 Å². The Bertz CT molecular complexity index is 1500. The highest BCUT2D eigenvalue weighted by Gasteiger charge is 2.45. The first-order valence-corrected chi connectivity index (χ1v) is 15.6. The van der Waals surface area contributed by atoms with Crippen LogP contribution in [0.2, 0.25) is 5.02 Å². The van der Waals surface area contributed by atoms with Crippen molar-refractivity contribution >= 4 is 33.7 Å². The zero-order chi connectivity index (χ0) is 27.7. The maximum absolute atomic E-state index is 14.6. The summed E-state index contributed by atoms with van der Waals surface area (Å²) in [6, 6.07) is 9.61. The lowest BCUT2D eigenvalue weighted by molar-refractivity contribution is 0.110. The summed E-state index contributed by atoms with van der Waals surface area (Å²) in [7, 11) is 0. The van der Waals surface area contributed by atoms with Crippen LogP contribution in [0, 0.1) is 5.82 Å². The number of hydrogen-bond donors (Lipinski definition) is 2. The van der Waals surface area contributed by atoms with Crippen LogP contribution in [0.4, 0.5) is 15.8 Å². The molecule has 2 aromatic carbocycles. The number of aromatic hydroxyl groups is 1. The molecule has 2 bridgehead atoms. The van der Waals surface area contributed by atoms with E-state index in [0.29, 0.717) is 36.5 Å². The fraction of sp³-hybridized carbons (Fsp3) is 0.531. The highest BCUT2D eigenvalue weighted by molar-refractivity contribution is 6.36. The third-order valence-corrected chi connectivity index (χ3v) is 10.7. The van der Waals surface area contributed by atoms with E-state index in [1.807, 2.05) is 0 Å². The van der Waals surface area contributed by atoms with Crippen LogP contribution in [0.5, 0.6) is 11.6 Å². The molecule has 9 heteroatoms. The van der Waals surface area contributed by atoms with Crippen LogP contribution in [0.15, 0.2) is 30.3 Å². The van der Waals surface area contributed by atoms with Crippen molar-refractivity contribution in [3.63, 3.8) is 0 Å². The molecule has 5 aliphatic heterocycles. The topological polar surface area (TPSA) is 64.1 Å². The van der Waals surface area contributed by atoms with Crippen molar-refractivity contribution in [1.82, 2.24) is 15.2 Å². The molecule has 8 rings (SSSR count). The third-order valence-electron chi connectivity index (χ3n) is 10.3. The predicted octanol–water partition coefficient (Wildman–Crippen LogP) is 5.24. The van der Waals surface area contributed by atoms with E-state index in [0.717, 1.165) is 42.8 Å². The highest BCUT2D eigenvalue weighted by atomic mass is 35.5. The molecule has 41 heavy (non-hydrogen) atoms. The number of benzene rings is 2. The van der Waals surface area contributed by atoms with Gasteiger partial charge in [0.2, 0.25) is 5.88 Å². The van der Waals surface area contributed by atoms with Gasteiger partial charge in [-0.1, -0.05) is 17.7 Å². The normalized spacial score (nSPS) is 25.1. The van der Waals surface area contributed by atoms with Gasteiger partial charge < -0.3 is 25.0 Å². The summed E-state index contributed by atoms with van der Waals surface area (Å²) >= 11 is 6.50. The lowest BCUT2D eigenvalue weighted by atomic mass is 9.95. The maximum Gasteiger partial charge on any atom is 0.215 e. The van der Waals surface area contributed by atoms with Crippen molar-refractivity contribution in [2.45, 2.75) is 69.1 Å². The van der Waals surface area contributed by atoms with E-state index in [9.17, 15) is 9.50 Å². The predicted molar refractivity (Wildman–Crippen MR) is 160 cm³/mol. The molecular weight excluding hydrogens is 541 g/mol. The number of nitrogens with zero attached hydrogens (tertiary/aromatic N) is 4. The maximum atomic E-state index is 14.6. The van der Waals surface area contributed by atoms with Gasteiger partial charge >= 0.3 is 0 Å². The molecule has 2 unspecified atom stereocenters. The first-order valence-electron chi connectivity index (χ1n) is 15.2. The average Bonchev–Trinajstić information content (AvgIpc) is 3.66. The molecule has 0 aliphatic carbocycles. The molecule has 3 aromatic rings. The van der Waals surface area contributed by atoms with E-state index in [4.69, 9.17) is 21.3 Å². The zero-order valence-corrected chi connectivity index (χ0v) is 24.1. The number of nitrogens with one attached hydrogen (secondary N) is 1. The number of hydrogen-bond acceptors (Lipinski definition) is 7. The lowest BCUT2D eigenvalue weighted by Gasteiger charge is -2.39. The van der Waals surface area contributed by atoms with Crippen molar-refractivity contribution in [1.29, 1.82) is 0 Å². The molecule has 7 nitrogen and oxygen atoms in total. The Labute approximate surface area is 245 Å². The fourth-order valence-electron chi connectivity index (χ4n) is 8.33. The summed E-state index contributed by atoms with van der Waals surface area (Å²) in [6.07, 6.45) is 8.14. The van der Waals surface area contributed by atoms with Crippen molar-refractivity contribution in [2.24, 2.45) is 0 Å². The number of phenolic OH excluding ortho intramolecular Hbond substituents is 1. The van der Waals surface area contributed by atoms with Crippen molar-refractivity contribution in [3.05, 3.63) is 52.4 Å². The molecule has 2 atom stereocenters. The summed E-state index contributed by atoms with van der Waals surface area (Å²) < 4.78 is 21.2. The monoisotopic (exact) mass is 577 g/mol. The van der Waals surface area contributed by atoms with Crippen LogP contribution in [0.25, 0.3) is 10.8 Å². The summed E-state index contributed by atoms with van der Waals surface area (Å²) in [5.41, 5.74) is 4.40. The van der Waals surface area contributed by atoms with Crippen LogP contribution in [0.1, 0.15) is 49.8 Å². The van der Waals surface area contributed by atoms with Gasteiger partial charge in [0.25, 0.3) is 0 Å². The van der Waals surface area contributed by atoms with Crippen molar-refractivity contribution in [3.8, 4) is 11.6 Å². The van der Waals surface area contributed by atoms with Gasteiger partial charge in [-0.2, -0.15) is 0 Å². The van der Waals surface area contributed by atoms with E-state index in [-0.39, 0.29) is 16.3 Å². The van der Waals surface area contributed by atoms with Crippen molar-refractivity contribution in [2.75, 3.05) is 49.1 Å². The van der Waals surface area contributed by atoms with Crippen LogP contribution < -0.4 is 19.9 Å². The number of pyridine rings is 1. The van der Waals surface area contributed by atoms with Gasteiger partial charge in [-0.05, 0) is 75.6 Å². The molecule has 216 valence electrons. The summed E-state index contributed by atoms with van der Waals surface area (Å²) in [5, 5.41) is 15.7. The Balaban J connectivity index is 1.16. The van der Waals surface area contributed by atoms with Crippen molar-refractivity contribution < 1.29 is 14.2 Å². The minimum Gasteiger partial charge on any atom is -0.508 e. The second kappa shape index (κ2) is 9.89. The standard InChI is InChI=1S/C32H37ClFN5O2/c33-31-25(34)6-3-20-13-23(40)14-28(30(20)31)37-12-7-24-26(18-37)36-29(41-19-32-8-1-10-39(32)11-2-9-32)15-27(24)38-16-21-4-5-22(17-38)35-21/h3,6,13-15,21-22,35,40H,1-2,4-5,7-12,16-19H2. The number of ether oxygens (including phenoxy) is 1. The molecule has 2 N–H and O–H groups in total. The van der Waals surface area contributed by atoms with E-state index in [2.05, 4.69) is 26.1 Å². The van der Waals surface area contributed by atoms with Gasteiger partial charge in [0.1, 0.15) is 18.2 Å². The summed E-state index contributed by atoms with van der Waals surface area (Å²) in [5.74, 6) is 0.379. The van der Waals surface area contributed by atoms with E-state index in [1.165, 1.54) is 68.9 Å². The fourth-order valence-corrected chi connectivity index (χ4v) is 8.60. The first kappa shape index (κ1) is 25.9. The Kier molecular flexibility index (Phi) is 6.24. The Morgan fingerprint density at radius 3 is 2.59 bits per heavy atom. The largest absolute Gasteiger partial charge is 0.508 e. The van der Waals surface area contributed by atoms with Gasteiger partial charge in [0.05, 0.1) is 28.5 Å². The van der Waals surface area contributed by atoms with Gasteiger partial charge in [-0.15, -0.1) is 0 Å². The molecule has 4 fully saturated rings. The average molecular weight is 578 g/mol. The third kappa shape index (κ3) is 4.41. The van der Waals surface area contributed by atoms with Crippen LogP contribution in [0.3, 0.4) is 0 Å². The van der Waals surface area contributed by atoms with Gasteiger partial charge in [0, 0.05) is 60.5 Å². The van der Waals surface area contributed by atoms with Gasteiger partial charge in [-0.3, -0.25) is 4.90 Å². The number of anilines is 2. The molecule has 4 saturated heterocycles. The molecule has 6 heterocycles. The lowest BCUT2D eigenvalue weighted by Crippen LogP contribution is -2.51. The number of aromatic nitrogens is 1. The number of halogens is 2. The minimum absolute atomic E-state index is 0.0854. The quantitative estimate of drug-likeness (QED) is 0.430. The Morgan fingerprint density at radius 1 is 1.02 bits per heavy atom. The Morgan fingerprint density at radius 2 is 1.80 bits per heavy atom. The second-order valence-corrected chi connectivity index (χ2v) is 13.1. The smallest absolute Gasteiger partial charge is 0.215 e. The Hall–Kier alpha value is -2.81. The highest BCUT2D eigenvalue weighted by Crippen LogP contribution is 2.42. The SMILES string of the molecule is Oc1cc(N2CCc3c(N4CC5CCC(C4)N5)cc(OCC45CCCN4CCC5)nc3C2)c2c(Cl)c(F)ccc2c1. The molecule has 0 spiro atoms. The first-order chi connectivity index (χ1) is 20.0. The number of rotatable bonds is 5. The second-order valence-electron chi connectivity index (χ2n) is 12.8. The summed E-state index contributed by atoms with van der Waals surface area (Å²) in [4.78, 5) is 12.5. The van der Waals surface area contributed by atoms with E-state index >= 15 is 0 Å². The summed E-state index contributed by atoms with van der Waals surface area (Å²) in [6.45, 7) is 6.30. The number of fused-ring (bicyclic) bond motifs is 5.